The van der Waals surface area contributed by atoms with E-state index in [1.165, 1.54) is 12.0 Å². The van der Waals surface area contributed by atoms with Crippen LogP contribution in [0.25, 0.3) is 0 Å². The van der Waals surface area contributed by atoms with Gasteiger partial charge in [0.1, 0.15) is 6.42 Å². The molecule has 2 saturated heterocycles. The van der Waals surface area contributed by atoms with Crippen molar-refractivity contribution in [1.82, 2.24) is 9.80 Å². The molecule has 0 aromatic heterocycles. The number of aryl methyl sites for hydroxylation is 1. The molecular formula is C18H25N3O2. The summed E-state index contributed by atoms with van der Waals surface area (Å²) >= 11 is 0. The van der Waals surface area contributed by atoms with Crippen LogP contribution < -0.4 is 5.73 Å². The van der Waals surface area contributed by atoms with Crippen LogP contribution in [0.5, 0.6) is 0 Å². The molecule has 2 fully saturated rings. The van der Waals surface area contributed by atoms with Crippen LogP contribution >= 0.6 is 0 Å². The lowest BCUT2D eigenvalue weighted by Crippen LogP contribution is -2.35. The van der Waals surface area contributed by atoms with Crippen molar-refractivity contribution in [2.75, 3.05) is 32.7 Å². The zero-order chi connectivity index (χ0) is 16.2. The molecule has 1 aromatic rings. The summed E-state index contributed by atoms with van der Waals surface area (Å²) < 4.78 is 0. The van der Waals surface area contributed by atoms with Crippen LogP contribution in [-0.4, -0.2) is 54.3 Å². The van der Waals surface area contributed by atoms with Crippen molar-refractivity contribution in [2.45, 2.75) is 19.3 Å². The summed E-state index contributed by atoms with van der Waals surface area (Å²) in [5.41, 5.74) is 6.51. The van der Waals surface area contributed by atoms with Gasteiger partial charge in [0.25, 0.3) is 0 Å². The van der Waals surface area contributed by atoms with E-state index in [2.05, 4.69) is 35.2 Å². The Bertz CT molecular complexity index is 547. The maximum Gasteiger partial charge on any atom is 0.232 e. The average Bonchev–Trinajstić information content (AvgIpc) is 3.06. The summed E-state index contributed by atoms with van der Waals surface area (Å²) in [4.78, 5) is 27.1. The van der Waals surface area contributed by atoms with E-state index >= 15 is 0 Å². The molecule has 0 radical (unpaired) electrons. The zero-order valence-corrected chi connectivity index (χ0v) is 13.5. The van der Waals surface area contributed by atoms with Crippen molar-refractivity contribution in [2.24, 2.45) is 17.6 Å². The average molecular weight is 315 g/mol. The monoisotopic (exact) mass is 315 g/mol. The van der Waals surface area contributed by atoms with E-state index in [0.29, 0.717) is 11.8 Å². The first kappa shape index (κ1) is 16.0. The molecule has 2 aliphatic rings. The fourth-order valence-electron chi connectivity index (χ4n) is 3.89. The number of carbonyl (C=O) groups excluding carboxylic acids is 2. The van der Waals surface area contributed by atoms with Crippen LogP contribution in [0.4, 0.5) is 0 Å². The van der Waals surface area contributed by atoms with Gasteiger partial charge in [-0.3, -0.25) is 9.59 Å². The summed E-state index contributed by atoms with van der Waals surface area (Å²) in [6.45, 7) is 4.83. The molecule has 0 aliphatic carbocycles. The molecule has 3 rings (SSSR count). The first-order valence-corrected chi connectivity index (χ1v) is 8.44. The van der Waals surface area contributed by atoms with Gasteiger partial charge in [-0.25, -0.2) is 0 Å². The van der Waals surface area contributed by atoms with E-state index < -0.39 is 5.91 Å². The highest BCUT2D eigenvalue weighted by atomic mass is 16.2. The van der Waals surface area contributed by atoms with Gasteiger partial charge < -0.3 is 15.5 Å². The quantitative estimate of drug-likeness (QED) is 0.793. The van der Waals surface area contributed by atoms with Gasteiger partial charge in [-0.15, -0.1) is 0 Å². The van der Waals surface area contributed by atoms with Crippen LogP contribution in [-0.2, 0) is 16.0 Å². The van der Waals surface area contributed by atoms with Gasteiger partial charge >= 0.3 is 0 Å². The maximum atomic E-state index is 11.9. The molecule has 23 heavy (non-hydrogen) atoms. The number of carbonyl (C=O) groups is 2. The lowest BCUT2D eigenvalue weighted by molar-refractivity contribution is -0.134. The molecule has 2 atom stereocenters. The van der Waals surface area contributed by atoms with E-state index in [0.717, 1.165) is 39.1 Å². The number of nitrogens with zero attached hydrogens (tertiary/aromatic N) is 2. The van der Waals surface area contributed by atoms with Crippen molar-refractivity contribution >= 4 is 11.8 Å². The fourth-order valence-corrected chi connectivity index (χ4v) is 3.89. The van der Waals surface area contributed by atoms with Gasteiger partial charge in [0.15, 0.2) is 0 Å². The lowest BCUT2D eigenvalue weighted by atomic mass is 10.0. The minimum absolute atomic E-state index is 0.109. The molecule has 2 aliphatic heterocycles. The predicted molar refractivity (Wildman–Crippen MR) is 88.6 cm³/mol. The van der Waals surface area contributed by atoms with Crippen molar-refractivity contribution in [1.29, 1.82) is 0 Å². The lowest BCUT2D eigenvalue weighted by Gasteiger charge is -2.21. The second kappa shape index (κ2) is 7.13. The Morgan fingerprint density at radius 3 is 2.30 bits per heavy atom. The maximum absolute atomic E-state index is 11.9. The van der Waals surface area contributed by atoms with Crippen LogP contribution in [0.15, 0.2) is 30.3 Å². The van der Waals surface area contributed by atoms with E-state index in [9.17, 15) is 9.59 Å². The SMILES string of the molecule is NC(=O)CC(=O)N1CC2CN(CCCc3ccccc3)C[C@H]2C1. The van der Waals surface area contributed by atoms with Gasteiger partial charge in [-0.05, 0) is 36.8 Å². The van der Waals surface area contributed by atoms with Crippen LogP contribution in [0, 0.1) is 11.8 Å². The zero-order valence-electron chi connectivity index (χ0n) is 13.5. The van der Waals surface area contributed by atoms with Gasteiger partial charge in [0.2, 0.25) is 11.8 Å². The Labute approximate surface area is 137 Å². The van der Waals surface area contributed by atoms with Gasteiger partial charge in [0.05, 0.1) is 0 Å². The molecule has 2 amide bonds. The van der Waals surface area contributed by atoms with Crippen molar-refractivity contribution in [3.05, 3.63) is 35.9 Å². The minimum atomic E-state index is -0.533. The number of nitrogens with two attached hydrogens (primary N) is 1. The normalized spacial score (nSPS) is 23.9. The number of likely N-dealkylation sites (tertiary alicyclic amines) is 2. The largest absolute Gasteiger partial charge is 0.369 e. The molecule has 0 saturated carbocycles. The van der Waals surface area contributed by atoms with Crippen LogP contribution in [0.3, 0.4) is 0 Å². The molecule has 124 valence electrons. The fraction of sp³-hybridized carbons (Fsp3) is 0.556. The summed E-state index contributed by atoms with van der Waals surface area (Å²) in [6.07, 6.45) is 2.14. The van der Waals surface area contributed by atoms with Gasteiger partial charge in [0, 0.05) is 26.2 Å². The molecule has 1 aromatic carbocycles. The topological polar surface area (TPSA) is 66.6 Å². The van der Waals surface area contributed by atoms with Crippen LogP contribution in [0.2, 0.25) is 0 Å². The molecule has 5 heteroatoms. The Balaban J connectivity index is 1.40. The Morgan fingerprint density at radius 2 is 1.70 bits per heavy atom. The number of hydrogen-bond donors (Lipinski definition) is 1. The Kier molecular flexibility index (Phi) is 4.96. The highest BCUT2D eigenvalue weighted by molar-refractivity contribution is 5.96. The standard InChI is InChI=1S/C18H25N3O2/c19-17(22)9-18(23)21-12-15-10-20(11-16(15)13-21)8-4-7-14-5-2-1-3-6-14/h1-3,5-6,15-16H,4,7-13H2,(H2,19,22)/t15-,16?/m0/s1. The first-order valence-electron chi connectivity index (χ1n) is 8.44. The molecule has 1 unspecified atom stereocenters. The van der Waals surface area contributed by atoms with Crippen molar-refractivity contribution in [3.63, 3.8) is 0 Å². The molecular weight excluding hydrogens is 290 g/mol. The molecule has 2 N–H and O–H groups in total. The summed E-state index contributed by atoms with van der Waals surface area (Å²) in [7, 11) is 0. The Morgan fingerprint density at radius 1 is 1.04 bits per heavy atom. The van der Waals surface area contributed by atoms with Crippen molar-refractivity contribution < 1.29 is 9.59 Å². The third-order valence-electron chi connectivity index (χ3n) is 5.02. The van der Waals surface area contributed by atoms with E-state index in [1.807, 2.05) is 4.90 Å². The third-order valence-corrected chi connectivity index (χ3v) is 5.02. The second-order valence-corrected chi connectivity index (χ2v) is 6.81. The van der Waals surface area contributed by atoms with Crippen molar-refractivity contribution in [3.8, 4) is 0 Å². The number of hydrogen-bond acceptors (Lipinski definition) is 3. The molecule has 0 bridgehead atoms. The minimum Gasteiger partial charge on any atom is -0.369 e. The number of benzene rings is 1. The highest BCUT2D eigenvalue weighted by Crippen LogP contribution is 2.31. The highest BCUT2D eigenvalue weighted by Gasteiger charge is 2.41. The third kappa shape index (κ3) is 4.10. The van der Waals surface area contributed by atoms with Gasteiger partial charge in [-0.1, -0.05) is 30.3 Å². The van der Waals surface area contributed by atoms with Crippen LogP contribution in [0.1, 0.15) is 18.4 Å². The summed E-state index contributed by atoms with van der Waals surface area (Å²) in [5, 5.41) is 0. The second-order valence-electron chi connectivity index (χ2n) is 6.81. The number of rotatable bonds is 6. The number of amides is 2. The van der Waals surface area contributed by atoms with E-state index in [-0.39, 0.29) is 12.3 Å². The Hall–Kier alpha value is -1.88. The van der Waals surface area contributed by atoms with E-state index in [1.54, 1.807) is 0 Å². The smallest absolute Gasteiger partial charge is 0.232 e. The summed E-state index contributed by atoms with van der Waals surface area (Å²) in [5.74, 6) is 0.476. The number of primary amides is 1. The van der Waals surface area contributed by atoms with Gasteiger partial charge in [-0.2, -0.15) is 0 Å². The predicted octanol–water partition coefficient (Wildman–Crippen LogP) is 0.885. The molecule has 2 heterocycles. The first-order chi connectivity index (χ1) is 11.1. The molecule has 0 spiro atoms. The van der Waals surface area contributed by atoms with E-state index in [4.69, 9.17) is 5.73 Å². The summed E-state index contributed by atoms with van der Waals surface area (Å²) in [6, 6.07) is 10.6. The number of fused-ring (bicyclic) bond motifs is 1. The molecule has 5 nitrogen and oxygen atoms in total.